The van der Waals surface area contributed by atoms with Gasteiger partial charge in [-0.05, 0) is 23.6 Å². The Kier molecular flexibility index (Phi) is 8.14. The van der Waals surface area contributed by atoms with Gasteiger partial charge in [0.25, 0.3) is 11.8 Å². The molecule has 1 aromatic carbocycles. The van der Waals surface area contributed by atoms with Gasteiger partial charge < -0.3 is 25.6 Å². The van der Waals surface area contributed by atoms with Crippen molar-refractivity contribution in [2.75, 3.05) is 19.0 Å². The van der Waals surface area contributed by atoms with E-state index in [1.165, 1.54) is 7.11 Å². The van der Waals surface area contributed by atoms with Crippen LogP contribution in [-0.4, -0.2) is 52.7 Å². The molecule has 0 saturated heterocycles. The molecule has 0 saturated carbocycles. The van der Waals surface area contributed by atoms with Gasteiger partial charge in [0.2, 0.25) is 0 Å². The molecule has 12 heteroatoms. The monoisotopic (exact) mass is 457 g/mol. The van der Waals surface area contributed by atoms with Crippen LogP contribution in [0.2, 0.25) is 0 Å². The maximum atomic E-state index is 13.3. The minimum atomic E-state index is -1.94. The number of methoxy groups -OCH3 is 1. The van der Waals surface area contributed by atoms with E-state index in [1.54, 1.807) is 13.8 Å². The van der Waals surface area contributed by atoms with Gasteiger partial charge in [-0.1, -0.05) is 13.8 Å². The average molecular weight is 457 g/mol. The molecule has 2 rings (SSSR count). The van der Waals surface area contributed by atoms with E-state index in [-0.39, 0.29) is 28.9 Å². The van der Waals surface area contributed by atoms with Crippen molar-refractivity contribution in [1.29, 1.82) is 0 Å². The van der Waals surface area contributed by atoms with Crippen LogP contribution in [0.15, 0.2) is 18.2 Å². The first-order valence-electron chi connectivity index (χ1n) is 9.01. The predicted octanol–water partition coefficient (Wildman–Crippen LogP) is 2.05. The van der Waals surface area contributed by atoms with Crippen LogP contribution in [0.5, 0.6) is 0 Å². The number of nitrogens with one attached hydrogen (secondary N) is 2. The van der Waals surface area contributed by atoms with Gasteiger partial charge in [-0.3, -0.25) is 9.59 Å². The third-order valence-electron chi connectivity index (χ3n) is 4.03. The summed E-state index contributed by atoms with van der Waals surface area (Å²) in [6.07, 6.45) is -1.94. The van der Waals surface area contributed by atoms with Gasteiger partial charge in [0, 0.05) is 18.1 Å². The summed E-state index contributed by atoms with van der Waals surface area (Å²) in [6, 6.07) is 0.856. The molecule has 168 valence electrons. The Labute approximate surface area is 180 Å². The second-order valence-corrected chi connectivity index (χ2v) is 7.83. The lowest BCUT2D eigenvalue weighted by Crippen LogP contribution is -2.48. The molecule has 0 aliphatic heterocycles. The van der Waals surface area contributed by atoms with Crippen LogP contribution in [-0.2, 0) is 14.3 Å². The number of carbonyl (C=O) groups is 3. The number of rotatable bonds is 9. The number of carboxylic acids is 1. The number of benzene rings is 1. The number of aliphatic hydroxyl groups excluding tert-OH is 1. The maximum Gasteiger partial charge on any atom is 0.355 e. The highest BCUT2D eigenvalue weighted by molar-refractivity contribution is 7.16. The van der Waals surface area contributed by atoms with Crippen LogP contribution < -0.4 is 10.6 Å². The minimum Gasteiger partial charge on any atom is -0.476 e. The molecule has 2 aromatic rings. The highest BCUT2D eigenvalue weighted by Gasteiger charge is 2.28. The van der Waals surface area contributed by atoms with Gasteiger partial charge >= 0.3 is 5.97 Å². The number of anilines is 1. The first-order chi connectivity index (χ1) is 14.5. The number of aromatic carboxylic acids is 1. The van der Waals surface area contributed by atoms with Crippen LogP contribution in [0, 0.1) is 11.6 Å². The Bertz CT molecular complexity index is 961. The predicted molar refractivity (Wildman–Crippen MR) is 107 cm³/mol. The van der Waals surface area contributed by atoms with Crippen LogP contribution in [0.4, 0.5) is 13.9 Å². The topological polar surface area (TPSA) is 138 Å². The Balaban J connectivity index is 2.16. The average Bonchev–Trinajstić information content (AvgIpc) is 3.10. The van der Waals surface area contributed by atoms with E-state index in [2.05, 4.69) is 15.6 Å². The molecule has 2 atom stereocenters. The summed E-state index contributed by atoms with van der Waals surface area (Å²) < 4.78 is 31.6. The number of hydrogen-bond acceptors (Lipinski definition) is 7. The molecule has 9 nitrogen and oxygen atoms in total. The molecule has 0 radical (unpaired) electrons. The minimum absolute atomic E-state index is 0.00852. The fourth-order valence-corrected chi connectivity index (χ4v) is 3.57. The van der Waals surface area contributed by atoms with Crippen LogP contribution in [0.3, 0.4) is 0 Å². The van der Waals surface area contributed by atoms with E-state index in [4.69, 9.17) is 4.74 Å². The second-order valence-electron chi connectivity index (χ2n) is 6.80. The number of thiazole rings is 1. The summed E-state index contributed by atoms with van der Waals surface area (Å²) in [6.45, 7) is 3.25. The zero-order chi connectivity index (χ0) is 23.3. The van der Waals surface area contributed by atoms with Crippen molar-refractivity contribution in [3.8, 4) is 0 Å². The lowest BCUT2D eigenvalue weighted by Gasteiger charge is -2.19. The van der Waals surface area contributed by atoms with Gasteiger partial charge in [0.05, 0.1) is 6.61 Å². The molecular weight excluding hydrogens is 436 g/mol. The van der Waals surface area contributed by atoms with Gasteiger partial charge in [-0.15, -0.1) is 11.3 Å². The Hall–Kier alpha value is -2.96. The van der Waals surface area contributed by atoms with Gasteiger partial charge in [0.1, 0.15) is 17.7 Å². The number of amides is 2. The van der Waals surface area contributed by atoms with Crippen molar-refractivity contribution in [2.45, 2.75) is 31.9 Å². The number of halogens is 2. The number of hydrogen-bond donors (Lipinski definition) is 4. The highest BCUT2D eigenvalue weighted by atomic mass is 32.1. The number of nitrogens with zero attached hydrogens (tertiary/aromatic N) is 1. The molecule has 1 aromatic heterocycles. The van der Waals surface area contributed by atoms with Gasteiger partial charge in [0.15, 0.2) is 16.9 Å². The van der Waals surface area contributed by atoms with Crippen molar-refractivity contribution < 1.29 is 38.1 Å². The molecule has 0 fully saturated rings. The Morgan fingerprint density at radius 3 is 2.26 bits per heavy atom. The molecule has 0 aliphatic rings. The summed E-state index contributed by atoms with van der Waals surface area (Å²) in [7, 11) is 1.27. The first kappa shape index (κ1) is 24.3. The number of ether oxygens (including phenoxy) is 1. The summed E-state index contributed by atoms with van der Waals surface area (Å²) in [5.41, 5.74) is -0.523. The smallest absolute Gasteiger partial charge is 0.355 e. The standard InChI is InChI=1S/C19H21F2N3O6S/c1-8(2)15-13(18(28)29)23-19(31-15)24-16(26)12(7-30-3)22-17(27)14(25)9-4-10(20)6-11(21)5-9/h4-6,8,12,14,25H,7H2,1-3H3,(H,22,27)(H,28,29)(H,23,24,26)/t12-,14?/m0/s1. The molecule has 0 spiro atoms. The molecule has 4 N–H and O–H groups in total. The molecular formula is C19H21F2N3O6S. The summed E-state index contributed by atoms with van der Waals surface area (Å²) >= 11 is 0.975. The molecule has 1 heterocycles. The number of aliphatic hydroxyl groups is 1. The first-order valence-corrected chi connectivity index (χ1v) is 9.83. The van der Waals surface area contributed by atoms with E-state index in [0.29, 0.717) is 10.9 Å². The van der Waals surface area contributed by atoms with E-state index >= 15 is 0 Å². The zero-order valence-electron chi connectivity index (χ0n) is 16.8. The van der Waals surface area contributed by atoms with E-state index in [1.807, 2.05) is 0 Å². The van der Waals surface area contributed by atoms with E-state index in [0.717, 1.165) is 23.5 Å². The lowest BCUT2D eigenvalue weighted by molar-refractivity contribution is -0.133. The fourth-order valence-electron chi connectivity index (χ4n) is 2.61. The van der Waals surface area contributed by atoms with Crippen molar-refractivity contribution in [3.63, 3.8) is 0 Å². The largest absolute Gasteiger partial charge is 0.476 e. The summed E-state index contributed by atoms with van der Waals surface area (Å²) in [5, 5.41) is 24.0. The Morgan fingerprint density at radius 1 is 1.16 bits per heavy atom. The summed E-state index contributed by atoms with van der Waals surface area (Å²) in [5.74, 6) is -5.22. The van der Waals surface area contributed by atoms with Crippen molar-refractivity contribution in [1.82, 2.24) is 10.3 Å². The SMILES string of the molecule is COC[C@H](NC(=O)C(O)c1cc(F)cc(F)c1)C(=O)Nc1nc(C(=O)O)c(C(C)C)s1. The highest BCUT2D eigenvalue weighted by Crippen LogP contribution is 2.30. The van der Waals surface area contributed by atoms with Crippen LogP contribution >= 0.6 is 11.3 Å². The third kappa shape index (κ3) is 6.26. The fraction of sp³-hybridized carbons (Fsp3) is 0.368. The third-order valence-corrected chi connectivity index (χ3v) is 5.30. The Morgan fingerprint density at radius 2 is 1.77 bits per heavy atom. The van der Waals surface area contributed by atoms with Gasteiger partial charge in [-0.2, -0.15) is 0 Å². The van der Waals surface area contributed by atoms with Crippen molar-refractivity contribution in [3.05, 3.63) is 46.0 Å². The van der Waals surface area contributed by atoms with Crippen LogP contribution in [0.1, 0.15) is 46.8 Å². The molecule has 2 amide bonds. The lowest BCUT2D eigenvalue weighted by atomic mass is 10.1. The maximum absolute atomic E-state index is 13.3. The number of carboxylic acid groups (broad SMARTS) is 1. The van der Waals surface area contributed by atoms with E-state index < -0.39 is 41.6 Å². The second kappa shape index (κ2) is 10.4. The van der Waals surface area contributed by atoms with E-state index in [9.17, 15) is 33.4 Å². The van der Waals surface area contributed by atoms with Crippen molar-refractivity contribution >= 4 is 34.3 Å². The van der Waals surface area contributed by atoms with Crippen LogP contribution in [0.25, 0.3) is 0 Å². The summed E-state index contributed by atoms with van der Waals surface area (Å²) in [4.78, 5) is 40.6. The molecule has 31 heavy (non-hydrogen) atoms. The van der Waals surface area contributed by atoms with Crippen molar-refractivity contribution in [2.24, 2.45) is 0 Å². The number of carbonyl (C=O) groups excluding carboxylic acids is 2. The van der Waals surface area contributed by atoms with Gasteiger partial charge in [-0.25, -0.2) is 18.6 Å². The molecule has 0 bridgehead atoms. The number of aromatic nitrogens is 1. The quantitative estimate of drug-likeness (QED) is 0.452. The normalized spacial score (nSPS) is 13.0. The zero-order valence-corrected chi connectivity index (χ0v) is 17.6. The molecule has 0 aliphatic carbocycles. The molecule has 1 unspecified atom stereocenters.